The van der Waals surface area contributed by atoms with E-state index in [1.54, 1.807) is 0 Å². The van der Waals surface area contributed by atoms with Crippen molar-refractivity contribution in [1.82, 2.24) is 5.32 Å². The van der Waals surface area contributed by atoms with E-state index in [0.717, 1.165) is 19.0 Å². The average Bonchev–Trinajstić information content (AvgIpc) is 2.35. The molecule has 0 aromatic heterocycles. The van der Waals surface area contributed by atoms with Crippen molar-refractivity contribution in [2.75, 3.05) is 6.54 Å². The van der Waals surface area contributed by atoms with E-state index in [1.165, 1.54) is 31.2 Å². The molecule has 0 saturated heterocycles. The van der Waals surface area contributed by atoms with E-state index in [0.29, 0.717) is 0 Å². The van der Waals surface area contributed by atoms with Crippen LogP contribution in [0.1, 0.15) is 45.1 Å². The second-order valence-corrected chi connectivity index (χ2v) is 4.53. The van der Waals surface area contributed by atoms with E-state index in [1.807, 2.05) is 0 Å². The molecule has 0 aliphatic heterocycles. The first-order valence-corrected chi connectivity index (χ1v) is 6.61. The van der Waals surface area contributed by atoms with Gasteiger partial charge in [0.05, 0.1) is 0 Å². The molecule has 0 saturated carbocycles. The van der Waals surface area contributed by atoms with E-state index in [-0.39, 0.29) is 0 Å². The predicted molar refractivity (Wildman–Crippen MR) is 71.5 cm³/mol. The van der Waals surface area contributed by atoms with Crippen LogP contribution < -0.4 is 5.32 Å². The lowest BCUT2D eigenvalue weighted by Gasteiger charge is -2.15. The fraction of sp³-hybridized carbons (Fsp3) is 0.600. The third kappa shape index (κ3) is 5.32. The molecule has 0 radical (unpaired) electrons. The molecule has 0 aliphatic carbocycles. The van der Waals surface area contributed by atoms with Gasteiger partial charge < -0.3 is 5.32 Å². The molecule has 1 rings (SSSR count). The molecule has 90 valence electrons. The highest BCUT2D eigenvalue weighted by molar-refractivity contribution is 5.14. The quantitative estimate of drug-likeness (QED) is 0.697. The van der Waals surface area contributed by atoms with Crippen LogP contribution >= 0.6 is 0 Å². The number of nitrogens with one attached hydrogen (secondary N) is 1. The summed E-state index contributed by atoms with van der Waals surface area (Å²) in [5.74, 6) is 0.851. The van der Waals surface area contributed by atoms with Gasteiger partial charge in [0.1, 0.15) is 0 Å². The lowest BCUT2D eigenvalue weighted by molar-refractivity contribution is 0.419. The highest BCUT2D eigenvalue weighted by Gasteiger charge is 2.04. The summed E-state index contributed by atoms with van der Waals surface area (Å²) in [6.07, 6.45) is 5.34. The van der Waals surface area contributed by atoms with Crippen molar-refractivity contribution in [2.45, 2.75) is 46.1 Å². The monoisotopic (exact) mass is 219 g/mol. The van der Waals surface area contributed by atoms with Crippen molar-refractivity contribution in [3.63, 3.8) is 0 Å². The number of unbranched alkanes of at least 4 members (excludes halogenated alkanes) is 1. The first-order chi connectivity index (χ1) is 7.86. The smallest absolute Gasteiger partial charge is 0.0205 e. The molecule has 0 bridgehead atoms. The molecule has 0 fully saturated rings. The number of benzene rings is 1. The van der Waals surface area contributed by atoms with Crippen LogP contribution in [0.4, 0.5) is 0 Å². The van der Waals surface area contributed by atoms with Crippen LogP contribution in [0.3, 0.4) is 0 Å². The Hall–Kier alpha value is -0.820. The van der Waals surface area contributed by atoms with Crippen LogP contribution in [-0.2, 0) is 6.54 Å². The molecule has 1 aromatic rings. The van der Waals surface area contributed by atoms with Crippen LogP contribution in [0, 0.1) is 5.92 Å². The van der Waals surface area contributed by atoms with Crippen molar-refractivity contribution in [2.24, 2.45) is 5.92 Å². The molecule has 1 atom stereocenters. The van der Waals surface area contributed by atoms with Crippen LogP contribution in [0.5, 0.6) is 0 Å². The van der Waals surface area contributed by atoms with Gasteiger partial charge in [0, 0.05) is 6.54 Å². The minimum absolute atomic E-state index is 0.851. The second-order valence-electron chi connectivity index (χ2n) is 4.53. The summed E-state index contributed by atoms with van der Waals surface area (Å²) in [5.41, 5.74) is 1.38. The zero-order chi connectivity index (χ0) is 11.6. The topological polar surface area (TPSA) is 12.0 Å². The first-order valence-electron chi connectivity index (χ1n) is 6.61. The number of rotatable bonds is 8. The molecular formula is C15H25N. The van der Waals surface area contributed by atoms with E-state index >= 15 is 0 Å². The summed E-state index contributed by atoms with van der Waals surface area (Å²) in [5, 5.41) is 3.56. The predicted octanol–water partition coefficient (Wildman–Crippen LogP) is 3.99. The second kappa shape index (κ2) is 8.35. The Morgan fingerprint density at radius 1 is 1.12 bits per heavy atom. The molecule has 1 aromatic carbocycles. The maximum absolute atomic E-state index is 3.56. The summed E-state index contributed by atoms with van der Waals surface area (Å²) < 4.78 is 0. The lowest BCUT2D eigenvalue weighted by Crippen LogP contribution is -2.22. The highest BCUT2D eigenvalue weighted by Crippen LogP contribution is 2.11. The summed E-state index contributed by atoms with van der Waals surface area (Å²) >= 11 is 0. The number of hydrogen-bond acceptors (Lipinski definition) is 1. The van der Waals surface area contributed by atoms with Crippen molar-refractivity contribution in [1.29, 1.82) is 0 Å². The Kier molecular flexibility index (Phi) is 6.91. The molecular weight excluding hydrogens is 194 g/mol. The Morgan fingerprint density at radius 2 is 1.88 bits per heavy atom. The maximum atomic E-state index is 3.56. The van der Waals surface area contributed by atoms with Gasteiger partial charge in [-0.05, 0) is 24.4 Å². The van der Waals surface area contributed by atoms with Gasteiger partial charge in [0.15, 0.2) is 0 Å². The van der Waals surface area contributed by atoms with Crippen LogP contribution in [0.15, 0.2) is 30.3 Å². The molecule has 0 amide bonds. The Balaban J connectivity index is 2.18. The Labute approximate surface area is 100 Å². The molecule has 16 heavy (non-hydrogen) atoms. The highest BCUT2D eigenvalue weighted by atomic mass is 14.9. The minimum Gasteiger partial charge on any atom is -0.312 e. The lowest BCUT2D eigenvalue weighted by atomic mass is 9.99. The van der Waals surface area contributed by atoms with Crippen molar-refractivity contribution in [3.05, 3.63) is 35.9 Å². The molecule has 0 aliphatic rings. The Bertz CT molecular complexity index is 255. The fourth-order valence-electron chi connectivity index (χ4n) is 1.96. The molecule has 1 N–H and O–H groups in total. The van der Waals surface area contributed by atoms with Gasteiger partial charge >= 0.3 is 0 Å². The maximum Gasteiger partial charge on any atom is 0.0205 e. The van der Waals surface area contributed by atoms with E-state index < -0.39 is 0 Å². The van der Waals surface area contributed by atoms with Crippen LogP contribution in [0.2, 0.25) is 0 Å². The van der Waals surface area contributed by atoms with Gasteiger partial charge in [-0.2, -0.15) is 0 Å². The van der Waals surface area contributed by atoms with Crippen LogP contribution in [0.25, 0.3) is 0 Å². The van der Waals surface area contributed by atoms with E-state index in [4.69, 9.17) is 0 Å². The average molecular weight is 219 g/mol. The molecule has 0 spiro atoms. The largest absolute Gasteiger partial charge is 0.312 e. The Morgan fingerprint density at radius 3 is 2.50 bits per heavy atom. The molecule has 1 heteroatoms. The van der Waals surface area contributed by atoms with Gasteiger partial charge in [-0.1, -0.05) is 63.4 Å². The first kappa shape index (κ1) is 13.2. The summed E-state index contributed by atoms with van der Waals surface area (Å²) in [7, 11) is 0. The molecule has 0 heterocycles. The fourth-order valence-corrected chi connectivity index (χ4v) is 1.96. The van der Waals surface area contributed by atoms with Crippen molar-refractivity contribution < 1.29 is 0 Å². The summed E-state index contributed by atoms with van der Waals surface area (Å²) in [4.78, 5) is 0. The molecule has 1 nitrogen and oxygen atoms in total. The van der Waals surface area contributed by atoms with Crippen molar-refractivity contribution in [3.8, 4) is 0 Å². The van der Waals surface area contributed by atoms with Gasteiger partial charge in [-0.15, -0.1) is 0 Å². The van der Waals surface area contributed by atoms with Crippen molar-refractivity contribution >= 4 is 0 Å². The summed E-state index contributed by atoms with van der Waals surface area (Å²) in [6, 6.07) is 10.6. The van der Waals surface area contributed by atoms with Gasteiger partial charge in [0.25, 0.3) is 0 Å². The standard InChI is InChI=1S/C15H25N/c1-3-5-9-14(4-2)12-16-13-15-10-7-6-8-11-15/h6-8,10-11,14,16H,3-5,9,12-13H2,1-2H3/t14-/m0/s1. The van der Waals surface area contributed by atoms with Gasteiger partial charge in [0.2, 0.25) is 0 Å². The number of hydrogen-bond donors (Lipinski definition) is 1. The van der Waals surface area contributed by atoms with Crippen LogP contribution in [-0.4, -0.2) is 6.54 Å². The minimum atomic E-state index is 0.851. The van der Waals surface area contributed by atoms with Gasteiger partial charge in [-0.25, -0.2) is 0 Å². The zero-order valence-corrected chi connectivity index (χ0v) is 10.7. The normalized spacial score (nSPS) is 12.6. The molecule has 0 unspecified atom stereocenters. The van der Waals surface area contributed by atoms with E-state index in [9.17, 15) is 0 Å². The third-order valence-electron chi connectivity index (χ3n) is 3.15. The third-order valence-corrected chi connectivity index (χ3v) is 3.15. The van der Waals surface area contributed by atoms with Gasteiger partial charge in [-0.3, -0.25) is 0 Å². The SMILES string of the molecule is CCCC[C@H](CC)CNCc1ccccc1. The van der Waals surface area contributed by atoms with E-state index in [2.05, 4.69) is 49.5 Å². The zero-order valence-electron chi connectivity index (χ0n) is 10.7. The summed E-state index contributed by atoms with van der Waals surface area (Å²) in [6.45, 7) is 6.73.